The lowest BCUT2D eigenvalue weighted by molar-refractivity contribution is 0.138. The summed E-state index contributed by atoms with van der Waals surface area (Å²) in [5.74, 6) is 2.76. The van der Waals surface area contributed by atoms with Crippen LogP contribution in [0, 0.1) is 6.92 Å². The number of aryl methyl sites for hydroxylation is 1. The lowest BCUT2D eigenvalue weighted by atomic mass is 10.1. The topological polar surface area (TPSA) is 63.4 Å². The zero-order valence-electron chi connectivity index (χ0n) is 13.9. The number of benzene rings is 1. The van der Waals surface area contributed by atoms with Crippen LogP contribution < -0.4 is 4.74 Å². The summed E-state index contributed by atoms with van der Waals surface area (Å²) in [6.45, 7) is 2.72. The molecule has 1 unspecified atom stereocenters. The molecule has 1 saturated carbocycles. The van der Waals surface area contributed by atoms with E-state index in [9.17, 15) is 5.11 Å². The second kappa shape index (κ2) is 6.68. The van der Waals surface area contributed by atoms with Gasteiger partial charge in [-0.15, -0.1) is 10.2 Å². The first-order chi connectivity index (χ1) is 11.1. The summed E-state index contributed by atoms with van der Waals surface area (Å²) < 4.78 is 7.43. The minimum atomic E-state index is -0.0782. The molecular weight excluding hydrogens is 292 g/mol. The van der Waals surface area contributed by atoms with E-state index in [2.05, 4.69) is 19.7 Å². The maximum absolute atomic E-state index is 9.83. The fraction of sp³-hybridized carbons (Fsp3) is 0.529. The molecule has 0 bridgehead atoms. The van der Waals surface area contributed by atoms with Crippen LogP contribution in [0.4, 0.5) is 0 Å². The Labute approximate surface area is 136 Å². The SMILES string of the molecule is COc1ccc(C(CO)N(C)Cc2nnc(C)n2C2CC2)cc1. The number of ether oxygens (including phenoxy) is 1. The third-order valence-corrected chi connectivity index (χ3v) is 4.45. The average molecular weight is 316 g/mol. The van der Waals surface area contributed by atoms with Crippen LogP contribution in [-0.4, -0.2) is 45.5 Å². The van der Waals surface area contributed by atoms with Crippen molar-refractivity contribution in [1.29, 1.82) is 0 Å². The molecule has 0 spiro atoms. The van der Waals surface area contributed by atoms with Gasteiger partial charge in [0.05, 0.1) is 26.3 Å². The molecule has 124 valence electrons. The van der Waals surface area contributed by atoms with Crippen LogP contribution >= 0.6 is 0 Å². The van der Waals surface area contributed by atoms with E-state index < -0.39 is 0 Å². The monoisotopic (exact) mass is 316 g/mol. The van der Waals surface area contributed by atoms with Gasteiger partial charge < -0.3 is 14.4 Å². The van der Waals surface area contributed by atoms with Gasteiger partial charge in [-0.25, -0.2) is 0 Å². The van der Waals surface area contributed by atoms with Gasteiger partial charge in [0.15, 0.2) is 0 Å². The zero-order chi connectivity index (χ0) is 16.4. The van der Waals surface area contributed by atoms with Crippen molar-refractivity contribution in [2.75, 3.05) is 20.8 Å². The van der Waals surface area contributed by atoms with Crippen LogP contribution in [0.1, 0.15) is 42.1 Å². The van der Waals surface area contributed by atoms with E-state index >= 15 is 0 Å². The summed E-state index contributed by atoms with van der Waals surface area (Å²) in [5, 5.41) is 18.4. The Morgan fingerprint density at radius 2 is 2.00 bits per heavy atom. The number of aliphatic hydroxyl groups is 1. The first kappa shape index (κ1) is 16.0. The Hall–Kier alpha value is -1.92. The van der Waals surface area contributed by atoms with Crippen molar-refractivity contribution >= 4 is 0 Å². The molecule has 2 aromatic rings. The van der Waals surface area contributed by atoms with Crippen molar-refractivity contribution in [3.8, 4) is 5.75 Å². The average Bonchev–Trinajstić information content (AvgIpc) is 3.33. The molecule has 3 rings (SSSR count). The number of hydrogen-bond acceptors (Lipinski definition) is 5. The van der Waals surface area contributed by atoms with E-state index in [1.54, 1.807) is 7.11 Å². The third-order valence-electron chi connectivity index (χ3n) is 4.45. The molecule has 1 fully saturated rings. The quantitative estimate of drug-likeness (QED) is 0.847. The molecule has 1 aromatic carbocycles. The van der Waals surface area contributed by atoms with Gasteiger partial charge in [0.1, 0.15) is 17.4 Å². The summed E-state index contributed by atoms with van der Waals surface area (Å²) in [6, 6.07) is 8.30. The molecule has 1 aromatic heterocycles. The first-order valence-corrected chi connectivity index (χ1v) is 7.99. The molecule has 0 amide bonds. The number of hydrogen-bond donors (Lipinski definition) is 1. The van der Waals surface area contributed by atoms with Crippen molar-refractivity contribution in [1.82, 2.24) is 19.7 Å². The van der Waals surface area contributed by atoms with Gasteiger partial charge in [0.2, 0.25) is 0 Å². The maximum Gasteiger partial charge on any atom is 0.147 e. The molecule has 0 aliphatic heterocycles. The van der Waals surface area contributed by atoms with Crippen molar-refractivity contribution in [3.05, 3.63) is 41.5 Å². The van der Waals surface area contributed by atoms with E-state index in [-0.39, 0.29) is 12.6 Å². The number of aliphatic hydroxyl groups excluding tert-OH is 1. The molecule has 6 nitrogen and oxygen atoms in total. The largest absolute Gasteiger partial charge is 0.497 e. The van der Waals surface area contributed by atoms with Gasteiger partial charge in [0, 0.05) is 6.04 Å². The molecular formula is C17H24N4O2. The Bertz CT molecular complexity index is 649. The minimum Gasteiger partial charge on any atom is -0.497 e. The van der Waals surface area contributed by atoms with Crippen molar-refractivity contribution in [2.45, 2.75) is 38.4 Å². The van der Waals surface area contributed by atoms with Crippen LogP contribution in [-0.2, 0) is 6.54 Å². The molecule has 1 atom stereocenters. The molecule has 1 N–H and O–H groups in total. The fourth-order valence-corrected chi connectivity index (χ4v) is 2.99. The van der Waals surface area contributed by atoms with Crippen LogP contribution in [0.5, 0.6) is 5.75 Å². The van der Waals surface area contributed by atoms with Gasteiger partial charge in [0.25, 0.3) is 0 Å². The normalized spacial score (nSPS) is 15.9. The first-order valence-electron chi connectivity index (χ1n) is 7.99. The number of rotatable bonds is 7. The number of nitrogens with zero attached hydrogens (tertiary/aromatic N) is 4. The molecule has 0 radical (unpaired) electrons. The van der Waals surface area contributed by atoms with Crippen LogP contribution in [0.25, 0.3) is 0 Å². The Morgan fingerprint density at radius 1 is 1.30 bits per heavy atom. The summed E-state index contributed by atoms with van der Waals surface area (Å²) in [5.41, 5.74) is 1.06. The molecule has 1 heterocycles. The second-order valence-corrected chi connectivity index (χ2v) is 6.15. The molecule has 0 saturated heterocycles. The smallest absolute Gasteiger partial charge is 0.147 e. The van der Waals surface area contributed by atoms with Crippen molar-refractivity contribution in [3.63, 3.8) is 0 Å². The van der Waals surface area contributed by atoms with Gasteiger partial charge in [-0.1, -0.05) is 12.1 Å². The Morgan fingerprint density at radius 3 is 2.57 bits per heavy atom. The van der Waals surface area contributed by atoms with Gasteiger partial charge in [-0.3, -0.25) is 4.90 Å². The van der Waals surface area contributed by atoms with E-state index in [0.717, 1.165) is 23.0 Å². The highest BCUT2D eigenvalue weighted by molar-refractivity contribution is 5.29. The summed E-state index contributed by atoms with van der Waals surface area (Å²) >= 11 is 0. The molecule has 23 heavy (non-hydrogen) atoms. The fourth-order valence-electron chi connectivity index (χ4n) is 2.99. The van der Waals surface area contributed by atoms with Crippen molar-refractivity contribution in [2.24, 2.45) is 0 Å². The predicted molar refractivity (Wildman–Crippen MR) is 87.3 cm³/mol. The van der Waals surface area contributed by atoms with E-state index in [1.807, 2.05) is 38.2 Å². The zero-order valence-corrected chi connectivity index (χ0v) is 13.9. The number of methoxy groups -OCH3 is 1. The van der Waals surface area contributed by atoms with Crippen molar-refractivity contribution < 1.29 is 9.84 Å². The minimum absolute atomic E-state index is 0.0549. The number of aromatic nitrogens is 3. The highest BCUT2D eigenvalue weighted by Crippen LogP contribution is 2.37. The maximum atomic E-state index is 9.83. The molecule has 6 heteroatoms. The Balaban J connectivity index is 1.76. The molecule has 1 aliphatic carbocycles. The van der Waals surface area contributed by atoms with Gasteiger partial charge in [-0.05, 0) is 44.5 Å². The van der Waals surface area contributed by atoms with Gasteiger partial charge in [-0.2, -0.15) is 0 Å². The van der Waals surface area contributed by atoms with E-state index in [4.69, 9.17) is 4.74 Å². The van der Waals surface area contributed by atoms with Crippen LogP contribution in [0.2, 0.25) is 0 Å². The predicted octanol–water partition coefficient (Wildman–Crippen LogP) is 2.10. The van der Waals surface area contributed by atoms with Crippen LogP contribution in [0.3, 0.4) is 0 Å². The Kier molecular flexibility index (Phi) is 4.63. The highest BCUT2D eigenvalue weighted by atomic mass is 16.5. The standard InChI is InChI=1S/C17H24N4O2/c1-12-18-19-17(21(12)14-6-7-14)10-20(2)16(11-22)13-4-8-15(23-3)9-5-13/h4-5,8-9,14,16,22H,6-7,10-11H2,1-3H3. The summed E-state index contributed by atoms with van der Waals surface area (Å²) in [7, 11) is 3.66. The van der Waals surface area contributed by atoms with Crippen LogP contribution in [0.15, 0.2) is 24.3 Å². The lowest BCUT2D eigenvalue weighted by Crippen LogP contribution is -2.28. The number of likely N-dealkylation sites (N-methyl/N-ethyl adjacent to an activating group) is 1. The summed E-state index contributed by atoms with van der Waals surface area (Å²) in [4.78, 5) is 2.12. The van der Waals surface area contributed by atoms with E-state index in [0.29, 0.717) is 12.6 Å². The third kappa shape index (κ3) is 3.38. The molecule has 1 aliphatic rings. The van der Waals surface area contributed by atoms with Gasteiger partial charge >= 0.3 is 0 Å². The lowest BCUT2D eigenvalue weighted by Gasteiger charge is -2.26. The highest BCUT2D eigenvalue weighted by Gasteiger charge is 2.29. The second-order valence-electron chi connectivity index (χ2n) is 6.15. The summed E-state index contributed by atoms with van der Waals surface area (Å²) in [6.07, 6.45) is 2.41. The van der Waals surface area contributed by atoms with E-state index in [1.165, 1.54) is 12.8 Å².